The Bertz CT molecular complexity index is 1180. The molecule has 3 heterocycles. The number of pyridine rings is 2. The number of aliphatic hydroxyl groups is 1. The van der Waals surface area contributed by atoms with Crippen molar-refractivity contribution in [3.8, 4) is 5.75 Å². The lowest BCUT2D eigenvalue weighted by molar-refractivity contribution is -0.136. The van der Waals surface area contributed by atoms with Gasteiger partial charge in [-0.05, 0) is 49.4 Å². The zero-order valence-corrected chi connectivity index (χ0v) is 22.4. The molecule has 0 bridgehead atoms. The Balaban J connectivity index is 1.99. The van der Waals surface area contributed by atoms with Crippen molar-refractivity contribution >= 4 is 23.6 Å². The first kappa shape index (κ1) is 29.5. The predicted octanol–water partition coefficient (Wildman–Crippen LogP) is 0.0543. The zero-order valence-electron chi connectivity index (χ0n) is 22.4. The first-order valence-electron chi connectivity index (χ1n) is 12.9. The monoisotopic (exact) mass is 540 g/mol. The molecule has 0 aliphatic carbocycles. The normalized spacial score (nSPS) is 26.5. The number of aromatic nitrogens is 2. The highest BCUT2D eigenvalue weighted by Gasteiger charge is 2.38. The van der Waals surface area contributed by atoms with E-state index in [1.54, 1.807) is 24.5 Å². The summed E-state index contributed by atoms with van der Waals surface area (Å²) in [7, 11) is 0. The Morgan fingerprint density at radius 1 is 1.03 bits per heavy atom. The van der Waals surface area contributed by atoms with E-state index in [0.29, 0.717) is 12.0 Å². The molecular formula is C27H36N6O6. The number of aliphatic hydroxyl groups excluding tert-OH is 1. The van der Waals surface area contributed by atoms with Gasteiger partial charge in [0.1, 0.15) is 17.8 Å². The van der Waals surface area contributed by atoms with E-state index in [-0.39, 0.29) is 23.8 Å². The van der Waals surface area contributed by atoms with Gasteiger partial charge in [-0.15, -0.1) is 0 Å². The van der Waals surface area contributed by atoms with Crippen molar-refractivity contribution in [1.82, 2.24) is 31.2 Å². The van der Waals surface area contributed by atoms with E-state index in [1.807, 2.05) is 13.8 Å². The van der Waals surface area contributed by atoms with Gasteiger partial charge in [0, 0.05) is 18.6 Å². The van der Waals surface area contributed by atoms with Crippen molar-refractivity contribution in [2.75, 3.05) is 0 Å². The lowest BCUT2D eigenvalue weighted by atomic mass is 9.91. The first-order chi connectivity index (χ1) is 18.5. The van der Waals surface area contributed by atoms with Crippen LogP contribution in [0, 0.1) is 11.8 Å². The number of hydrogen-bond acceptors (Lipinski definition) is 8. The van der Waals surface area contributed by atoms with Gasteiger partial charge in [0.15, 0.2) is 5.69 Å². The van der Waals surface area contributed by atoms with Crippen LogP contribution >= 0.6 is 0 Å². The molecule has 210 valence electrons. The van der Waals surface area contributed by atoms with Gasteiger partial charge in [0.25, 0.3) is 5.91 Å². The Hall–Kier alpha value is -4.06. The van der Waals surface area contributed by atoms with Gasteiger partial charge in [0.05, 0.1) is 24.1 Å². The third kappa shape index (κ3) is 7.73. The average molecular weight is 541 g/mol. The maximum atomic E-state index is 13.6. The fraction of sp³-hybridized carbons (Fsp3) is 0.481. The van der Waals surface area contributed by atoms with Crippen molar-refractivity contribution in [3.05, 3.63) is 54.1 Å². The highest BCUT2D eigenvalue weighted by atomic mass is 16.3. The fourth-order valence-corrected chi connectivity index (χ4v) is 4.42. The molecule has 0 aromatic carbocycles. The van der Waals surface area contributed by atoms with Gasteiger partial charge in [-0.2, -0.15) is 0 Å². The Labute approximate surface area is 227 Å². The summed E-state index contributed by atoms with van der Waals surface area (Å²) in [5, 5.41) is 32.1. The minimum atomic E-state index is -1.33. The van der Waals surface area contributed by atoms with Crippen LogP contribution < -0.4 is 21.3 Å². The average Bonchev–Trinajstić information content (AvgIpc) is 2.89. The number of nitrogens with zero attached hydrogens (tertiary/aromatic N) is 2. The molecule has 0 saturated carbocycles. The minimum Gasteiger partial charge on any atom is -0.505 e. The van der Waals surface area contributed by atoms with Crippen LogP contribution in [0.2, 0.25) is 0 Å². The lowest BCUT2D eigenvalue weighted by Crippen LogP contribution is -2.64. The van der Waals surface area contributed by atoms with E-state index >= 15 is 0 Å². The van der Waals surface area contributed by atoms with Crippen molar-refractivity contribution in [2.45, 2.75) is 70.8 Å². The maximum Gasteiger partial charge on any atom is 0.274 e. The summed E-state index contributed by atoms with van der Waals surface area (Å²) in [6.45, 7) is 6.86. The first-order valence-corrected chi connectivity index (χ1v) is 12.9. The molecule has 3 rings (SSSR count). The van der Waals surface area contributed by atoms with E-state index in [2.05, 4.69) is 31.2 Å². The van der Waals surface area contributed by atoms with E-state index in [0.717, 1.165) is 0 Å². The number of rotatable bonds is 6. The standard InChI is InChI=1S/C27H36N6O6/c1-14(2)11-19-25(37)30-16(4)21(33-27(39)22-20(34)8-6-10-29-22)26(38)31-18(12-17-7-5-9-28-13-17)23(35)15(3)24(36)32-19/h5-10,13-16,18-19,21,23,34-35H,11-12H2,1-4H3,(H,30,37)(H,31,38)(H,32,36)(H,33,39)/t15-,16-,18+,19?,21+,23+/m1/s1. The Morgan fingerprint density at radius 2 is 1.74 bits per heavy atom. The molecule has 1 aliphatic rings. The number of hydrogen-bond donors (Lipinski definition) is 6. The second kappa shape index (κ2) is 13.1. The molecular weight excluding hydrogens is 504 g/mol. The van der Waals surface area contributed by atoms with Gasteiger partial charge >= 0.3 is 0 Å². The summed E-state index contributed by atoms with van der Waals surface area (Å²) in [6.07, 6.45) is 3.63. The summed E-state index contributed by atoms with van der Waals surface area (Å²) in [5.74, 6) is -3.90. The molecule has 2 aromatic heterocycles. The quantitative estimate of drug-likeness (QED) is 0.297. The zero-order chi connectivity index (χ0) is 28.7. The van der Waals surface area contributed by atoms with E-state index in [4.69, 9.17) is 0 Å². The second-order valence-electron chi connectivity index (χ2n) is 10.3. The maximum absolute atomic E-state index is 13.6. The molecule has 6 N–H and O–H groups in total. The van der Waals surface area contributed by atoms with Crippen LogP contribution in [0.4, 0.5) is 0 Å². The van der Waals surface area contributed by atoms with Gasteiger partial charge in [-0.1, -0.05) is 26.8 Å². The largest absolute Gasteiger partial charge is 0.505 e. The van der Waals surface area contributed by atoms with E-state index in [1.165, 1.54) is 32.2 Å². The van der Waals surface area contributed by atoms with Gasteiger partial charge < -0.3 is 31.5 Å². The topological polar surface area (TPSA) is 183 Å². The van der Waals surface area contributed by atoms with Crippen LogP contribution in [0.1, 0.15) is 50.2 Å². The van der Waals surface area contributed by atoms with Crippen LogP contribution in [-0.4, -0.2) is 74.1 Å². The smallest absolute Gasteiger partial charge is 0.274 e. The number of nitrogens with one attached hydrogen (secondary N) is 4. The SMILES string of the molecule is CC(C)CC1NC(=O)[C@H](C)[C@H](O)[C@H](Cc2cccnc2)NC(=O)[C@@H](NC(=O)c2ncccc2O)[C@@H](C)NC1=O. The van der Waals surface area contributed by atoms with Crippen LogP contribution in [0.25, 0.3) is 0 Å². The minimum absolute atomic E-state index is 0.0498. The third-order valence-corrected chi connectivity index (χ3v) is 6.62. The molecule has 1 saturated heterocycles. The van der Waals surface area contributed by atoms with Gasteiger partial charge in [0.2, 0.25) is 17.7 Å². The van der Waals surface area contributed by atoms with Crippen LogP contribution in [0.15, 0.2) is 42.9 Å². The van der Waals surface area contributed by atoms with Crippen LogP contribution in [-0.2, 0) is 20.8 Å². The highest BCUT2D eigenvalue weighted by molar-refractivity contribution is 5.98. The number of carbonyl (C=O) groups excluding carboxylic acids is 4. The molecule has 0 radical (unpaired) electrons. The number of amides is 4. The van der Waals surface area contributed by atoms with E-state index < -0.39 is 59.8 Å². The molecule has 39 heavy (non-hydrogen) atoms. The van der Waals surface area contributed by atoms with Crippen LogP contribution in [0.3, 0.4) is 0 Å². The van der Waals surface area contributed by atoms with Crippen LogP contribution in [0.5, 0.6) is 5.75 Å². The molecule has 1 fully saturated rings. The molecule has 12 heteroatoms. The lowest BCUT2D eigenvalue weighted by Gasteiger charge is -2.34. The summed E-state index contributed by atoms with van der Waals surface area (Å²) >= 11 is 0. The molecule has 0 spiro atoms. The highest BCUT2D eigenvalue weighted by Crippen LogP contribution is 2.17. The molecule has 6 atom stereocenters. The number of carbonyl (C=O) groups is 4. The van der Waals surface area contributed by atoms with E-state index in [9.17, 15) is 29.4 Å². The van der Waals surface area contributed by atoms with Crippen molar-refractivity contribution in [2.24, 2.45) is 11.8 Å². The second-order valence-corrected chi connectivity index (χ2v) is 10.3. The molecule has 4 amide bonds. The fourth-order valence-electron chi connectivity index (χ4n) is 4.42. The number of aromatic hydroxyl groups is 1. The summed E-state index contributed by atoms with van der Waals surface area (Å²) in [5.41, 5.74) is 0.417. The van der Waals surface area contributed by atoms with Crippen molar-refractivity contribution < 1.29 is 29.4 Å². The molecule has 1 aliphatic heterocycles. The van der Waals surface area contributed by atoms with Crippen molar-refractivity contribution in [3.63, 3.8) is 0 Å². The Morgan fingerprint density at radius 3 is 2.38 bits per heavy atom. The molecule has 2 aromatic rings. The summed E-state index contributed by atoms with van der Waals surface area (Å²) in [4.78, 5) is 60.8. The van der Waals surface area contributed by atoms with Gasteiger partial charge in [-0.25, -0.2) is 4.98 Å². The molecule has 1 unspecified atom stereocenters. The third-order valence-electron chi connectivity index (χ3n) is 6.62. The predicted molar refractivity (Wildman–Crippen MR) is 141 cm³/mol. The molecule has 12 nitrogen and oxygen atoms in total. The summed E-state index contributed by atoms with van der Waals surface area (Å²) in [6, 6.07) is 2.12. The van der Waals surface area contributed by atoms with Gasteiger partial charge in [-0.3, -0.25) is 24.2 Å². The summed E-state index contributed by atoms with van der Waals surface area (Å²) < 4.78 is 0. The Kier molecular flexibility index (Phi) is 9.94. The van der Waals surface area contributed by atoms with Crippen molar-refractivity contribution in [1.29, 1.82) is 0 Å².